The molecule has 9 heteroatoms. The van der Waals surface area contributed by atoms with Crippen LogP contribution < -0.4 is 0 Å². The summed E-state index contributed by atoms with van der Waals surface area (Å²) in [5.41, 5.74) is 2.66. The lowest BCUT2D eigenvalue weighted by Crippen LogP contribution is -2.51. The number of aryl methyl sites for hydroxylation is 2. The van der Waals surface area contributed by atoms with Gasteiger partial charge in [0.15, 0.2) is 11.8 Å². The van der Waals surface area contributed by atoms with Crippen molar-refractivity contribution in [2.24, 2.45) is 0 Å². The summed E-state index contributed by atoms with van der Waals surface area (Å²) in [5.74, 6) is -0.640. The molecule has 0 atom stereocenters. The third kappa shape index (κ3) is 5.92. The molecule has 1 aliphatic rings. The van der Waals surface area contributed by atoms with Gasteiger partial charge in [-0.3, -0.25) is 14.4 Å². The monoisotopic (exact) mass is 394 g/mol. The molecule has 27 heavy (non-hydrogen) atoms. The van der Waals surface area contributed by atoms with Crippen molar-refractivity contribution in [2.45, 2.75) is 38.8 Å². The fourth-order valence-corrected chi connectivity index (χ4v) is 3.42. The number of carbonyl (C=O) groups excluding carboxylic acids is 3. The second-order valence-corrected chi connectivity index (χ2v) is 7.18. The highest BCUT2D eigenvalue weighted by atomic mass is 32.2. The van der Waals surface area contributed by atoms with Crippen LogP contribution in [-0.2, 0) is 25.5 Å². The van der Waals surface area contributed by atoms with Crippen molar-refractivity contribution in [3.63, 3.8) is 0 Å². The van der Waals surface area contributed by atoms with Crippen molar-refractivity contribution in [3.8, 4) is 0 Å². The maximum atomic E-state index is 12.2. The SMILES string of the molecule is CSc1nc(C)c(CCC(=O)OCC(=O)N2CCN(C(C)=O)CC2)c(C)n1. The van der Waals surface area contributed by atoms with Crippen molar-refractivity contribution in [2.75, 3.05) is 39.0 Å². The smallest absolute Gasteiger partial charge is 0.306 e. The van der Waals surface area contributed by atoms with Crippen LogP contribution in [0.3, 0.4) is 0 Å². The van der Waals surface area contributed by atoms with E-state index in [1.165, 1.54) is 18.7 Å². The van der Waals surface area contributed by atoms with Gasteiger partial charge in [-0.25, -0.2) is 9.97 Å². The normalized spacial score (nSPS) is 14.2. The maximum Gasteiger partial charge on any atom is 0.306 e. The molecule has 148 valence electrons. The van der Waals surface area contributed by atoms with E-state index < -0.39 is 5.97 Å². The van der Waals surface area contributed by atoms with E-state index in [4.69, 9.17) is 4.74 Å². The fraction of sp³-hybridized carbons (Fsp3) is 0.611. The molecule has 1 fully saturated rings. The molecular weight excluding hydrogens is 368 g/mol. The van der Waals surface area contributed by atoms with E-state index in [0.717, 1.165) is 17.0 Å². The third-order valence-corrected chi connectivity index (χ3v) is 5.14. The number of carbonyl (C=O) groups is 3. The lowest BCUT2D eigenvalue weighted by atomic mass is 10.1. The van der Waals surface area contributed by atoms with Gasteiger partial charge < -0.3 is 14.5 Å². The van der Waals surface area contributed by atoms with Gasteiger partial charge in [0.05, 0.1) is 0 Å². The molecule has 0 N–H and O–H groups in total. The van der Waals surface area contributed by atoms with Crippen molar-refractivity contribution in [3.05, 3.63) is 17.0 Å². The molecule has 0 aromatic carbocycles. The quantitative estimate of drug-likeness (QED) is 0.403. The number of hydrogen-bond acceptors (Lipinski definition) is 7. The predicted molar refractivity (Wildman–Crippen MR) is 101 cm³/mol. The number of esters is 1. The lowest BCUT2D eigenvalue weighted by Gasteiger charge is -2.34. The van der Waals surface area contributed by atoms with E-state index in [9.17, 15) is 14.4 Å². The van der Waals surface area contributed by atoms with Crippen LogP contribution in [0.15, 0.2) is 5.16 Å². The van der Waals surface area contributed by atoms with Crippen LogP contribution in [0.1, 0.15) is 30.3 Å². The first kappa shape index (κ1) is 21.1. The van der Waals surface area contributed by atoms with Crippen LogP contribution in [-0.4, -0.2) is 76.6 Å². The summed E-state index contributed by atoms with van der Waals surface area (Å²) in [4.78, 5) is 47.6. The first-order valence-corrected chi connectivity index (χ1v) is 10.1. The molecule has 1 aliphatic heterocycles. The van der Waals surface area contributed by atoms with Crippen molar-refractivity contribution >= 4 is 29.5 Å². The van der Waals surface area contributed by atoms with Gasteiger partial charge in [-0.15, -0.1) is 0 Å². The summed E-state index contributed by atoms with van der Waals surface area (Å²) in [6.07, 6.45) is 2.58. The van der Waals surface area contributed by atoms with Gasteiger partial charge in [0.1, 0.15) is 0 Å². The van der Waals surface area contributed by atoms with Gasteiger partial charge in [-0.1, -0.05) is 11.8 Å². The largest absolute Gasteiger partial charge is 0.456 e. The molecule has 2 amide bonds. The summed E-state index contributed by atoms with van der Waals surface area (Å²) < 4.78 is 5.12. The number of aromatic nitrogens is 2. The topological polar surface area (TPSA) is 92.7 Å². The number of nitrogens with zero attached hydrogens (tertiary/aromatic N) is 4. The van der Waals surface area contributed by atoms with Crippen LogP contribution >= 0.6 is 11.8 Å². The number of rotatable bonds is 6. The minimum absolute atomic E-state index is 0.00802. The molecule has 0 bridgehead atoms. The van der Waals surface area contributed by atoms with Gasteiger partial charge >= 0.3 is 5.97 Å². The van der Waals surface area contributed by atoms with Crippen molar-refractivity contribution in [1.29, 1.82) is 0 Å². The van der Waals surface area contributed by atoms with E-state index in [0.29, 0.717) is 37.8 Å². The van der Waals surface area contributed by atoms with Crippen LogP contribution in [0.5, 0.6) is 0 Å². The minimum Gasteiger partial charge on any atom is -0.456 e. The highest BCUT2D eigenvalue weighted by Gasteiger charge is 2.23. The summed E-state index contributed by atoms with van der Waals surface area (Å²) in [6.45, 7) is 7.01. The fourth-order valence-electron chi connectivity index (χ4n) is 2.97. The van der Waals surface area contributed by atoms with E-state index in [-0.39, 0.29) is 24.8 Å². The molecule has 2 heterocycles. The zero-order valence-corrected chi connectivity index (χ0v) is 17.1. The van der Waals surface area contributed by atoms with Gasteiger partial charge in [0.2, 0.25) is 5.91 Å². The molecule has 8 nitrogen and oxygen atoms in total. The Kier molecular flexibility index (Phi) is 7.58. The van der Waals surface area contributed by atoms with Crippen LogP contribution in [0.4, 0.5) is 0 Å². The molecule has 0 saturated carbocycles. The van der Waals surface area contributed by atoms with Crippen LogP contribution in [0, 0.1) is 13.8 Å². The van der Waals surface area contributed by atoms with Gasteiger partial charge in [-0.2, -0.15) is 0 Å². The molecule has 1 aromatic heterocycles. The van der Waals surface area contributed by atoms with Gasteiger partial charge in [-0.05, 0) is 32.1 Å². The lowest BCUT2D eigenvalue weighted by molar-refractivity contribution is -0.153. The Bertz CT molecular complexity index is 694. The molecule has 0 radical (unpaired) electrons. The number of piperazine rings is 1. The Morgan fingerprint density at radius 2 is 1.59 bits per heavy atom. The number of amides is 2. The minimum atomic E-state index is -0.418. The molecule has 1 aromatic rings. The molecule has 2 rings (SSSR count). The summed E-state index contributed by atoms with van der Waals surface area (Å²) in [6, 6.07) is 0. The molecule has 1 saturated heterocycles. The predicted octanol–water partition coefficient (Wildman–Crippen LogP) is 0.982. The molecule has 0 unspecified atom stereocenters. The van der Waals surface area contributed by atoms with Crippen LogP contribution in [0.2, 0.25) is 0 Å². The first-order chi connectivity index (χ1) is 12.8. The second-order valence-electron chi connectivity index (χ2n) is 6.41. The molecule has 0 spiro atoms. The number of hydrogen-bond donors (Lipinski definition) is 0. The van der Waals surface area contributed by atoms with Crippen molar-refractivity contribution < 1.29 is 19.1 Å². The zero-order chi connectivity index (χ0) is 20.0. The Hall–Kier alpha value is -2.16. The van der Waals surface area contributed by atoms with E-state index in [2.05, 4.69) is 9.97 Å². The van der Waals surface area contributed by atoms with Gasteiger partial charge in [0, 0.05) is 50.9 Å². The average molecular weight is 394 g/mol. The standard InChI is InChI=1S/C18H26N4O4S/c1-12-15(13(2)20-18(19-12)27-4)5-6-17(25)26-11-16(24)22-9-7-21(8-10-22)14(3)23/h5-11H2,1-4H3. The maximum absolute atomic E-state index is 12.2. The van der Waals surface area contributed by atoms with Crippen molar-refractivity contribution in [1.82, 2.24) is 19.8 Å². The second kappa shape index (κ2) is 9.68. The first-order valence-electron chi connectivity index (χ1n) is 8.88. The Morgan fingerprint density at radius 1 is 1.04 bits per heavy atom. The number of ether oxygens (including phenoxy) is 1. The average Bonchev–Trinajstić information content (AvgIpc) is 2.65. The van der Waals surface area contributed by atoms with Crippen LogP contribution in [0.25, 0.3) is 0 Å². The summed E-state index contributed by atoms with van der Waals surface area (Å²) in [7, 11) is 0. The van der Waals surface area contributed by atoms with E-state index in [1.54, 1.807) is 9.80 Å². The highest BCUT2D eigenvalue weighted by molar-refractivity contribution is 7.98. The van der Waals surface area contributed by atoms with E-state index in [1.807, 2.05) is 20.1 Å². The Balaban J connectivity index is 1.77. The zero-order valence-electron chi connectivity index (χ0n) is 16.3. The number of thioether (sulfide) groups is 1. The molecular formula is C18H26N4O4S. The highest BCUT2D eigenvalue weighted by Crippen LogP contribution is 2.17. The van der Waals surface area contributed by atoms with E-state index >= 15 is 0 Å². The third-order valence-electron chi connectivity index (χ3n) is 4.60. The van der Waals surface area contributed by atoms with Gasteiger partial charge in [0.25, 0.3) is 5.91 Å². The summed E-state index contributed by atoms with van der Waals surface area (Å²) in [5, 5.41) is 0.715. The Labute approximate surface area is 163 Å². The molecule has 0 aliphatic carbocycles. The Morgan fingerprint density at radius 3 is 2.11 bits per heavy atom. The summed E-state index contributed by atoms with van der Waals surface area (Å²) >= 11 is 1.48.